The third-order valence-corrected chi connectivity index (χ3v) is 2.30. The molecule has 0 fully saturated rings. The van der Waals surface area contributed by atoms with Gasteiger partial charge in [-0.3, -0.25) is 0 Å². The van der Waals surface area contributed by atoms with Gasteiger partial charge in [0.1, 0.15) is 6.61 Å². The maximum absolute atomic E-state index is 5.16. The predicted molar refractivity (Wildman–Crippen MR) is 51.9 cm³/mol. The van der Waals surface area contributed by atoms with Crippen molar-refractivity contribution in [1.82, 2.24) is 0 Å². The fourth-order valence-electron chi connectivity index (χ4n) is 1.75. The van der Waals surface area contributed by atoms with Gasteiger partial charge in [0.05, 0.1) is 6.26 Å². The highest BCUT2D eigenvalue weighted by Crippen LogP contribution is 2.32. The van der Waals surface area contributed by atoms with Crippen LogP contribution in [0.15, 0.2) is 24.5 Å². The van der Waals surface area contributed by atoms with Gasteiger partial charge >= 0.3 is 0 Å². The van der Waals surface area contributed by atoms with Crippen LogP contribution in [0.4, 0.5) is 0 Å². The molecular weight excluding hydrogens is 148 g/mol. The summed E-state index contributed by atoms with van der Waals surface area (Å²) in [7, 11) is 0. The molecule has 1 aliphatic carbocycles. The molecule has 0 spiro atoms. The number of rotatable bonds is 3. The summed E-state index contributed by atoms with van der Waals surface area (Å²) in [5, 5.41) is 0. The summed E-state index contributed by atoms with van der Waals surface area (Å²) in [5.74, 6) is 0. The van der Waals surface area contributed by atoms with Crippen molar-refractivity contribution in [3.05, 3.63) is 24.5 Å². The zero-order valence-corrected chi connectivity index (χ0v) is 8.10. The van der Waals surface area contributed by atoms with E-state index in [1.54, 1.807) is 0 Å². The first kappa shape index (κ1) is 9.37. The molecule has 0 aromatic carbocycles. The summed E-state index contributed by atoms with van der Waals surface area (Å²) in [4.78, 5) is 0. The normalized spacial score (nSPS) is 21.3. The monoisotopic (exact) mass is 166 g/mol. The number of hydrogen-bond acceptors (Lipinski definition) is 1. The Morgan fingerprint density at radius 2 is 2.42 bits per heavy atom. The molecule has 1 heteroatoms. The lowest BCUT2D eigenvalue weighted by atomic mass is 9.80. The minimum atomic E-state index is 0.373. The lowest BCUT2D eigenvalue weighted by Crippen LogP contribution is -2.14. The standard InChI is InChI=1S/C11H18O/c1-4-12-9-10-6-5-7-11(2,3)8-10/h4,8H,1,5-7,9H2,2-3H3. The molecule has 0 atom stereocenters. The second kappa shape index (κ2) is 3.79. The third-order valence-electron chi connectivity index (χ3n) is 2.30. The molecule has 0 heterocycles. The number of ether oxygens (including phenoxy) is 1. The van der Waals surface area contributed by atoms with E-state index in [9.17, 15) is 0 Å². The molecule has 0 saturated carbocycles. The van der Waals surface area contributed by atoms with E-state index < -0.39 is 0 Å². The molecule has 0 N–H and O–H groups in total. The molecule has 0 radical (unpaired) electrons. The van der Waals surface area contributed by atoms with Crippen molar-refractivity contribution in [2.24, 2.45) is 5.41 Å². The van der Waals surface area contributed by atoms with Crippen LogP contribution in [-0.2, 0) is 4.74 Å². The Hall–Kier alpha value is -0.720. The SMILES string of the molecule is C=COCC1=CC(C)(C)CCC1. The van der Waals surface area contributed by atoms with Crippen molar-refractivity contribution in [2.45, 2.75) is 33.1 Å². The topological polar surface area (TPSA) is 9.23 Å². The largest absolute Gasteiger partial charge is 0.497 e. The van der Waals surface area contributed by atoms with Gasteiger partial charge < -0.3 is 4.74 Å². The van der Waals surface area contributed by atoms with E-state index in [0.717, 1.165) is 6.61 Å². The first-order valence-electron chi connectivity index (χ1n) is 4.57. The van der Waals surface area contributed by atoms with Gasteiger partial charge in [-0.15, -0.1) is 0 Å². The van der Waals surface area contributed by atoms with Gasteiger partial charge in [-0.25, -0.2) is 0 Å². The van der Waals surface area contributed by atoms with Gasteiger partial charge in [0, 0.05) is 0 Å². The first-order chi connectivity index (χ1) is 5.64. The van der Waals surface area contributed by atoms with Gasteiger partial charge in [0.15, 0.2) is 0 Å². The summed E-state index contributed by atoms with van der Waals surface area (Å²) in [6.07, 6.45) is 7.64. The Labute approximate surface area is 75.1 Å². The van der Waals surface area contributed by atoms with Gasteiger partial charge in [-0.1, -0.05) is 26.5 Å². The summed E-state index contributed by atoms with van der Waals surface area (Å²) in [6.45, 7) is 8.82. The lowest BCUT2D eigenvalue weighted by molar-refractivity contribution is 0.267. The zero-order chi connectivity index (χ0) is 9.03. The highest BCUT2D eigenvalue weighted by Gasteiger charge is 2.19. The van der Waals surface area contributed by atoms with E-state index in [0.29, 0.717) is 5.41 Å². The van der Waals surface area contributed by atoms with Crippen LogP contribution in [-0.4, -0.2) is 6.61 Å². The number of allylic oxidation sites excluding steroid dienone is 1. The Morgan fingerprint density at radius 1 is 1.67 bits per heavy atom. The van der Waals surface area contributed by atoms with Crippen LogP contribution in [0.1, 0.15) is 33.1 Å². The van der Waals surface area contributed by atoms with E-state index in [-0.39, 0.29) is 0 Å². The van der Waals surface area contributed by atoms with Crippen LogP contribution >= 0.6 is 0 Å². The summed E-state index contributed by atoms with van der Waals surface area (Å²) < 4.78 is 5.16. The van der Waals surface area contributed by atoms with E-state index in [1.165, 1.54) is 31.1 Å². The van der Waals surface area contributed by atoms with Crippen LogP contribution in [0.2, 0.25) is 0 Å². The molecule has 12 heavy (non-hydrogen) atoms. The molecule has 0 amide bonds. The number of hydrogen-bond donors (Lipinski definition) is 0. The molecule has 1 nitrogen and oxygen atoms in total. The molecule has 1 rings (SSSR count). The van der Waals surface area contributed by atoms with E-state index in [2.05, 4.69) is 26.5 Å². The van der Waals surface area contributed by atoms with Gasteiger partial charge in [0.25, 0.3) is 0 Å². The minimum absolute atomic E-state index is 0.373. The quantitative estimate of drug-likeness (QED) is 0.462. The maximum atomic E-state index is 5.16. The second-order valence-corrected chi connectivity index (χ2v) is 4.12. The van der Waals surface area contributed by atoms with E-state index in [1.807, 2.05) is 0 Å². The fourth-order valence-corrected chi connectivity index (χ4v) is 1.75. The summed E-state index contributed by atoms with van der Waals surface area (Å²) >= 11 is 0. The molecule has 1 aliphatic rings. The molecule has 0 bridgehead atoms. The van der Waals surface area contributed by atoms with Crippen LogP contribution in [0.3, 0.4) is 0 Å². The second-order valence-electron chi connectivity index (χ2n) is 4.12. The van der Waals surface area contributed by atoms with Crippen molar-refractivity contribution in [3.63, 3.8) is 0 Å². The van der Waals surface area contributed by atoms with Gasteiger partial charge in [0.2, 0.25) is 0 Å². The predicted octanol–water partition coefficient (Wildman–Crippen LogP) is 3.28. The summed E-state index contributed by atoms with van der Waals surface area (Å²) in [6, 6.07) is 0. The van der Waals surface area contributed by atoms with Crippen molar-refractivity contribution in [2.75, 3.05) is 6.61 Å². The molecular formula is C11H18O. The first-order valence-corrected chi connectivity index (χ1v) is 4.57. The van der Waals surface area contributed by atoms with Gasteiger partial charge in [-0.05, 0) is 30.3 Å². The molecule has 0 unspecified atom stereocenters. The highest BCUT2D eigenvalue weighted by molar-refractivity contribution is 5.12. The maximum Gasteiger partial charge on any atom is 0.108 e. The Morgan fingerprint density at radius 3 is 3.00 bits per heavy atom. The zero-order valence-electron chi connectivity index (χ0n) is 8.10. The third kappa shape index (κ3) is 2.72. The molecule has 68 valence electrons. The van der Waals surface area contributed by atoms with E-state index in [4.69, 9.17) is 4.74 Å². The lowest BCUT2D eigenvalue weighted by Gasteiger charge is -2.27. The molecule has 0 aliphatic heterocycles. The molecule has 0 aromatic heterocycles. The molecule has 0 saturated heterocycles. The van der Waals surface area contributed by atoms with Crippen LogP contribution in [0.5, 0.6) is 0 Å². The fraction of sp³-hybridized carbons (Fsp3) is 0.636. The van der Waals surface area contributed by atoms with Crippen molar-refractivity contribution >= 4 is 0 Å². The van der Waals surface area contributed by atoms with Crippen LogP contribution < -0.4 is 0 Å². The van der Waals surface area contributed by atoms with Crippen LogP contribution in [0.25, 0.3) is 0 Å². The highest BCUT2D eigenvalue weighted by atomic mass is 16.5. The van der Waals surface area contributed by atoms with Crippen LogP contribution in [0, 0.1) is 5.41 Å². The smallest absolute Gasteiger partial charge is 0.108 e. The Kier molecular flexibility index (Phi) is 2.96. The minimum Gasteiger partial charge on any atom is -0.497 e. The van der Waals surface area contributed by atoms with Crippen molar-refractivity contribution in [1.29, 1.82) is 0 Å². The molecule has 0 aromatic rings. The Bertz CT molecular complexity index is 189. The summed E-state index contributed by atoms with van der Waals surface area (Å²) in [5.41, 5.74) is 1.80. The average Bonchev–Trinajstić information content (AvgIpc) is 1.99. The van der Waals surface area contributed by atoms with Crippen molar-refractivity contribution < 1.29 is 4.74 Å². The van der Waals surface area contributed by atoms with Crippen molar-refractivity contribution in [3.8, 4) is 0 Å². The van der Waals surface area contributed by atoms with E-state index >= 15 is 0 Å². The van der Waals surface area contributed by atoms with Gasteiger partial charge in [-0.2, -0.15) is 0 Å². The Balaban J connectivity index is 2.52. The average molecular weight is 166 g/mol.